The van der Waals surface area contributed by atoms with Crippen LogP contribution in [0.5, 0.6) is 5.75 Å². The number of carbonyl (C=O) groups excluding carboxylic acids is 1. The number of pyridine rings is 1. The van der Waals surface area contributed by atoms with Crippen molar-refractivity contribution in [2.75, 3.05) is 12.4 Å². The van der Waals surface area contributed by atoms with E-state index >= 15 is 0 Å². The van der Waals surface area contributed by atoms with Gasteiger partial charge in [0, 0.05) is 12.3 Å². The first kappa shape index (κ1) is 16.1. The standard InChI is InChI=1S/C18H16ClN3O2/c1-12-6-8-15(24-2)13(11-12)20-17(23)9-7-14-18(19)21-16-5-3-4-10-22(14)16/h3-11H,1-2H3,(H,20,23)/b9-7+. The van der Waals surface area contributed by atoms with Crippen LogP contribution >= 0.6 is 11.6 Å². The molecule has 0 aliphatic heterocycles. The topological polar surface area (TPSA) is 55.6 Å². The van der Waals surface area contributed by atoms with Crippen molar-refractivity contribution in [3.05, 3.63) is 65.1 Å². The van der Waals surface area contributed by atoms with Crippen molar-refractivity contribution < 1.29 is 9.53 Å². The molecule has 1 aromatic carbocycles. The molecule has 0 saturated carbocycles. The molecule has 3 rings (SSSR count). The number of rotatable bonds is 4. The summed E-state index contributed by atoms with van der Waals surface area (Å²) >= 11 is 6.14. The number of benzene rings is 1. The van der Waals surface area contributed by atoms with E-state index in [0.717, 1.165) is 11.2 Å². The second-order valence-corrected chi connectivity index (χ2v) is 5.60. The van der Waals surface area contributed by atoms with Gasteiger partial charge in [-0.2, -0.15) is 0 Å². The summed E-state index contributed by atoms with van der Waals surface area (Å²) in [6, 6.07) is 11.2. The third kappa shape index (κ3) is 3.26. The van der Waals surface area contributed by atoms with E-state index < -0.39 is 0 Å². The van der Waals surface area contributed by atoms with Gasteiger partial charge >= 0.3 is 0 Å². The van der Waals surface area contributed by atoms with Crippen LogP contribution < -0.4 is 10.1 Å². The van der Waals surface area contributed by atoms with Crippen LogP contribution in [0.4, 0.5) is 5.69 Å². The van der Waals surface area contributed by atoms with Crippen molar-refractivity contribution in [3.8, 4) is 5.75 Å². The van der Waals surface area contributed by atoms with Crippen molar-refractivity contribution in [3.63, 3.8) is 0 Å². The summed E-state index contributed by atoms with van der Waals surface area (Å²) in [5, 5.41) is 3.15. The third-order valence-corrected chi connectivity index (χ3v) is 3.81. The van der Waals surface area contributed by atoms with Crippen LogP contribution in [-0.4, -0.2) is 22.4 Å². The third-order valence-electron chi connectivity index (χ3n) is 3.53. The minimum Gasteiger partial charge on any atom is -0.495 e. The quantitative estimate of drug-likeness (QED) is 0.731. The normalized spacial score (nSPS) is 11.1. The number of hydrogen-bond acceptors (Lipinski definition) is 3. The maximum Gasteiger partial charge on any atom is 0.248 e. The molecule has 2 aromatic heterocycles. The molecule has 24 heavy (non-hydrogen) atoms. The van der Waals surface area contributed by atoms with E-state index in [2.05, 4.69) is 10.3 Å². The number of aryl methyl sites for hydroxylation is 1. The van der Waals surface area contributed by atoms with Gasteiger partial charge < -0.3 is 10.1 Å². The van der Waals surface area contributed by atoms with Gasteiger partial charge in [-0.15, -0.1) is 0 Å². The minimum atomic E-state index is -0.277. The van der Waals surface area contributed by atoms with Gasteiger partial charge in [0.15, 0.2) is 5.15 Å². The van der Waals surface area contributed by atoms with E-state index in [1.165, 1.54) is 6.08 Å². The number of amides is 1. The molecule has 0 bridgehead atoms. The van der Waals surface area contributed by atoms with E-state index in [1.54, 1.807) is 13.2 Å². The van der Waals surface area contributed by atoms with E-state index in [-0.39, 0.29) is 5.91 Å². The molecule has 0 aliphatic rings. The summed E-state index contributed by atoms with van der Waals surface area (Å²) in [5.41, 5.74) is 3.03. The number of anilines is 1. The van der Waals surface area contributed by atoms with E-state index in [9.17, 15) is 4.79 Å². The Labute approximate surface area is 144 Å². The smallest absolute Gasteiger partial charge is 0.248 e. The lowest BCUT2D eigenvalue weighted by Gasteiger charge is -2.09. The zero-order valence-electron chi connectivity index (χ0n) is 13.3. The summed E-state index contributed by atoms with van der Waals surface area (Å²) < 4.78 is 7.07. The summed E-state index contributed by atoms with van der Waals surface area (Å²) in [5.74, 6) is 0.330. The number of carbonyl (C=O) groups is 1. The summed E-state index contributed by atoms with van der Waals surface area (Å²) in [4.78, 5) is 16.4. The number of aromatic nitrogens is 2. The average Bonchev–Trinajstić information content (AvgIpc) is 2.88. The van der Waals surface area contributed by atoms with Crippen molar-refractivity contribution >= 4 is 34.9 Å². The number of fused-ring (bicyclic) bond motifs is 1. The van der Waals surface area contributed by atoms with Crippen molar-refractivity contribution in [2.24, 2.45) is 0 Å². The van der Waals surface area contributed by atoms with Crippen LogP contribution in [0, 0.1) is 6.92 Å². The number of hydrogen-bond donors (Lipinski definition) is 1. The Morgan fingerprint density at radius 2 is 2.17 bits per heavy atom. The van der Waals surface area contributed by atoms with Crippen LogP contribution in [0.25, 0.3) is 11.7 Å². The van der Waals surface area contributed by atoms with Gasteiger partial charge in [0.05, 0.1) is 18.5 Å². The molecule has 5 nitrogen and oxygen atoms in total. The highest BCUT2D eigenvalue weighted by molar-refractivity contribution is 6.31. The molecule has 6 heteroatoms. The first-order valence-corrected chi connectivity index (χ1v) is 7.72. The molecular formula is C18H16ClN3O2. The summed E-state index contributed by atoms with van der Waals surface area (Å²) in [6.07, 6.45) is 4.90. The Morgan fingerprint density at radius 3 is 2.96 bits per heavy atom. The molecule has 0 saturated heterocycles. The van der Waals surface area contributed by atoms with E-state index in [0.29, 0.717) is 22.3 Å². The largest absolute Gasteiger partial charge is 0.495 e. The highest BCUT2D eigenvalue weighted by Gasteiger charge is 2.09. The molecule has 122 valence electrons. The molecular weight excluding hydrogens is 326 g/mol. The predicted octanol–water partition coefficient (Wildman–Crippen LogP) is 3.96. The van der Waals surface area contributed by atoms with Gasteiger partial charge in [-0.1, -0.05) is 23.7 Å². The fourth-order valence-corrected chi connectivity index (χ4v) is 2.62. The van der Waals surface area contributed by atoms with Crippen LogP contribution in [0.15, 0.2) is 48.7 Å². The second-order valence-electron chi connectivity index (χ2n) is 5.24. The maximum absolute atomic E-state index is 12.2. The second kappa shape index (κ2) is 6.76. The number of imidazole rings is 1. The Kier molecular flexibility index (Phi) is 4.53. The van der Waals surface area contributed by atoms with Crippen LogP contribution in [0.3, 0.4) is 0 Å². The molecule has 0 atom stereocenters. The highest BCUT2D eigenvalue weighted by Crippen LogP contribution is 2.25. The van der Waals surface area contributed by atoms with Crippen molar-refractivity contribution in [2.45, 2.75) is 6.92 Å². The monoisotopic (exact) mass is 341 g/mol. The Bertz CT molecular complexity index is 931. The van der Waals surface area contributed by atoms with Gasteiger partial charge in [0.25, 0.3) is 0 Å². The highest BCUT2D eigenvalue weighted by atomic mass is 35.5. The number of halogens is 1. The maximum atomic E-state index is 12.2. The van der Waals surface area contributed by atoms with Crippen molar-refractivity contribution in [1.82, 2.24) is 9.38 Å². The van der Waals surface area contributed by atoms with Crippen LogP contribution in [-0.2, 0) is 4.79 Å². The van der Waals surface area contributed by atoms with Crippen LogP contribution in [0.1, 0.15) is 11.3 Å². The lowest BCUT2D eigenvalue weighted by atomic mass is 10.2. The van der Waals surface area contributed by atoms with E-state index in [1.807, 2.05) is 53.9 Å². The fourth-order valence-electron chi connectivity index (χ4n) is 2.38. The fraction of sp³-hybridized carbons (Fsp3) is 0.111. The number of nitrogens with zero attached hydrogens (tertiary/aromatic N) is 2. The zero-order valence-corrected chi connectivity index (χ0v) is 14.0. The number of ether oxygens (including phenoxy) is 1. The summed E-state index contributed by atoms with van der Waals surface area (Å²) in [6.45, 7) is 1.95. The van der Waals surface area contributed by atoms with Crippen LogP contribution in [0.2, 0.25) is 5.15 Å². The Balaban J connectivity index is 1.83. The number of methoxy groups -OCH3 is 1. The molecule has 0 radical (unpaired) electrons. The molecule has 0 spiro atoms. The zero-order chi connectivity index (χ0) is 17.1. The average molecular weight is 342 g/mol. The molecule has 2 heterocycles. The SMILES string of the molecule is COc1ccc(C)cc1NC(=O)/C=C/c1c(Cl)nc2ccccn12. The molecule has 1 N–H and O–H groups in total. The minimum absolute atomic E-state index is 0.277. The lowest BCUT2D eigenvalue weighted by molar-refractivity contribution is -0.111. The molecule has 1 amide bonds. The predicted molar refractivity (Wildman–Crippen MR) is 95.6 cm³/mol. The molecule has 0 unspecified atom stereocenters. The van der Waals surface area contributed by atoms with Gasteiger partial charge in [-0.3, -0.25) is 9.20 Å². The Morgan fingerprint density at radius 1 is 1.33 bits per heavy atom. The molecule has 0 aliphatic carbocycles. The molecule has 3 aromatic rings. The first-order valence-electron chi connectivity index (χ1n) is 7.35. The number of nitrogens with one attached hydrogen (secondary N) is 1. The van der Waals surface area contributed by atoms with Gasteiger partial charge in [-0.05, 0) is 42.8 Å². The van der Waals surface area contributed by atoms with Gasteiger partial charge in [-0.25, -0.2) is 4.98 Å². The summed E-state index contributed by atoms with van der Waals surface area (Å²) in [7, 11) is 1.56. The van der Waals surface area contributed by atoms with Gasteiger partial charge in [0.2, 0.25) is 5.91 Å². The Hall–Kier alpha value is -2.79. The van der Waals surface area contributed by atoms with Crippen molar-refractivity contribution in [1.29, 1.82) is 0 Å². The van der Waals surface area contributed by atoms with Gasteiger partial charge in [0.1, 0.15) is 11.4 Å². The van der Waals surface area contributed by atoms with E-state index in [4.69, 9.17) is 16.3 Å². The first-order chi connectivity index (χ1) is 11.6. The lowest BCUT2D eigenvalue weighted by Crippen LogP contribution is -2.09. The molecule has 0 fully saturated rings.